The van der Waals surface area contributed by atoms with Crippen LogP contribution < -0.4 is 16.0 Å². The maximum atomic E-state index is 14.8. The third-order valence-corrected chi connectivity index (χ3v) is 6.59. The van der Waals surface area contributed by atoms with Crippen LogP contribution in [-0.2, 0) is 6.42 Å². The van der Waals surface area contributed by atoms with Crippen LogP contribution in [0.3, 0.4) is 0 Å². The number of aromatic nitrogens is 3. The number of piperazine rings is 1. The van der Waals surface area contributed by atoms with Crippen LogP contribution in [0.5, 0.6) is 0 Å². The van der Waals surface area contributed by atoms with Gasteiger partial charge in [0.1, 0.15) is 5.82 Å². The summed E-state index contributed by atoms with van der Waals surface area (Å²) in [4.78, 5) is 29.6. The molecule has 2 aliphatic heterocycles. The van der Waals surface area contributed by atoms with Crippen molar-refractivity contribution in [3.63, 3.8) is 0 Å². The van der Waals surface area contributed by atoms with E-state index in [2.05, 4.69) is 43.9 Å². The van der Waals surface area contributed by atoms with Gasteiger partial charge in [-0.2, -0.15) is 4.39 Å². The molecule has 3 aromatic rings. The fourth-order valence-electron chi connectivity index (χ4n) is 4.55. The number of anilines is 2. The molecule has 9 heteroatoms. The van der Waals surface area contributed by atoms with Gasteiger partial charge >= 0.3 is 0 Å². The van der Waals surface area contributed by atoms with Crippen LogP contribution in [-0.4, -0.2) is 64.5 Å². The van der Waals surface area contributed by atoms with E-state index in [1.165, 1.54) is 6.20 Å². The highest BCUT2D eigenvalue weighted by Crippen LogP contribution is 2.32. The average molecular weight is 462 g/mol. The lowest BCUT2D eigenvalue weighted by atomic mass is 10.0. The smallest absolute Gasteiger partial charge is 0.254 e. The first-order chi connectivity index (χ1) is 16.4. The number of nitrogens with two attached hydrogens (primary N) is 1. The molecular weight excluding hydrogens is 433 g/mol. The number of hydrogen-bond donors (Lipinski definition) is 2. The van der Waals surface area contributed by atoms with E-state index in [0.29, 0.717) is 52.8 Å². The van der Waals surface area contributed by atoms with Crippen LogP contribution in [0.25, 0.3) is 22.5 Å². The lowest BCUT2D eigenvalue weighted by molar-refractivity contribution is 0.0944. The maximum absolute atomic E-state index is 14.8. The Labute approximate surface area is 198 Å². The van der Waals surface area contributed by atoms with E-state index in [9.17, 15) is 9.18 Å². The van der Waals surface area contributed by atoms with Crippen LogP contribution in [0.1, 0.15) is 29.9 Å². The third kappa shape index (κ3) is 4.19. The van der Waals surface area contributed by atoms with Crippen LogP contribution in [0.15, 0.2) is 36.5 Å². The molecule has 8 nitrogen and oxygen atoms in total. The standard InChI is InChI=1S/C25H28FN7O/c1-15(2)32-9-11-33(12-10-32)17-5-3-16(4-6-17)18-13-19(23(27)31-22(18)26)24-29-14-20-21(30-24)7-8-28-25(20)34/h3-6,13-15H,7-12H2,1-2H3,(H2,27,31)(H,28,34). The average Bonchev–Trinajstić information content (AvgIpc) is 2.84. The Morgan fingerprint density at radius 2 is 1.76 bits per heavy atom. The quantitative estimate of drug-likeness (QED) is 0.576. The van der Waals surface area contributed by atoms with E-state index in [-0.39, 0.29) is 11.7 Å². The molecule has 0 bridgehead atoms. The van der Waals surface area contributed by atoms with Crippen molar-refractivity contribution in [2.24, 2.45) is 0 Å². The molecule has 2 aliphatic rings. The predicted octanol–water partition coefficient (Wildman–Crippen LogP) is 2.74. The van der Waals surface area contributed by atoms with Gasteiger partial charge in [0.05, 0.1) is 16.8 Å². The summed E-state index contributed by atoms with van der Waals surface area (Å²) in [6.07, 6.45) is 2.09. The van der Waals surface area contributed by atoms with E-state index >= 15 is 0 Å². The molecule has 0 unspecified atom stereocenters. The Morgan fingerprint density at radius 1 is 1.03 bits per heavy atom. The fourth-order valence-corrected chi connectivity index (χ4v) is 4.55. The number of fused-ring (bicyclic) bond motifs is 1. The second-order valence-electron chi connectivity index (χ2n) is 8.98. The van der Waals surface area contributed by atoms with E-state index in [1.807, 2.05) is 24.3 Å². The number of nitrogens with one attached hydrogen (secondary N) is 1. The monoisotopic (exact) mass is 461 g/mol. The predicted molar refractivity (Wildman–Crippen MR) is 130 cm³/mol. The van der Waals surface area contributed by atoms with Gasteiger partial charge in [-0.05, 0) is 37.6 Å². The van der Waals surface area contributed by atoms with Crippen molar-refractivity contribution in [1.82, 2.24) is 25.2 Å². The molecule has 0 atom stereocenters. The van der Waals surface area contributed by atoms with Crippen molar-refractivity contribution in [3.8, 4) is 22.5 Å². The van der Waals surface area contributed by atoms with E-state index in [0.717, 1.165) is 31.9 Å². The first-order valence-electron chi connectivity index (χ1n) is 11.6. The minimum Gasteiger partial charge on any atom is -0.383 e. The summed E-state index contributed by atoms with van der Waals surface area (Å²) in [6, 6.07) is 10.0. The number of pyridine rings is 1. The number of hydrogen-bond acceptors (Lipinski definition) is 7. The van der Waals surface area contributed by atoms with Crippen LogP contribution in [0.2, 0.25) is 0 Å². The van der Waals surface area contributed by atoms with Gasteiger partial charge in [-0.25, -0.2) is 15.0 Å². The molecule has 176 valence electrons. The molecule has 5 rings (SSSR count). The van der Waals surface area contributed by atoms with Crippen molar-refractivity contribution in [3.05, 3.63) is 53.7 Å². The van der Waals surface area contributed by atoms with Crippen molar-refractivity contribution >= 4 is 17.4 Å². The van der Waals surface area contributed by atoms with E-state index in [4.69, 9.17) is 5.73 Å². The minimum atomic E-state index is -0.642. The molecule has 1 amide bonds. The Morgan fingerprint density at radius 3 is 2.47 bits per heavy atom. The summed E-state index contributed by atoms with van der Waals surface area (Å²) in [5.74, 6) is -0.485. The molecule has 2 aromatic heterocycles. The molecular formula is C25H28FN7O. The molecule has 3 N–H and O–H groups in total. The summed E-state index contributed by atoms with van der Waals surface area (Å²) in [6.45, 7) is 8.95. The molecule has 1 fully saturated rings. The first kappa shape index (κ1) is 22.2. The lowest BCUT2D eigenvalue weighted by Crippen LogP contribution is -2.48. The van der Waals surface area contributed by atoms with E-state index in [1.54, 1.807) is 6.07 Å². The SMILES string of the molecule is CC(C)N1CCN(c2ccc(-c3cc(-c4ncc5c(n4)CCNC5=O)c(N)nc3F)cc2)CC1. The van der Waals surface area contributed by atoms with E-state index < -0.39 is 5.95 Å². The molecule has 0 spiro atoms. The molecule has 0 radical (unpaired) electrons. The largest absolute Gasteiger partial charge is 0.383 e. The van der Waals surface area contributed by atoms with Gasteiger partial charge in [0, 0.05) is 62.6 Å². The molecule has 4 heterocycles. The van der Waals surface area contributed by atoms with Crippen LogP contribution >= 0.6 is 0 Å². The van der Waals surface area contributed by atoms with Gasteiger partial charge in [0.15, 0.2) is 5.82 Å². The van der Waals surface area contributed by atoms with Gasteiger partial charge in [-0.3, -0.25) is 9.69 Å². The summed E-state index contributed by atoms with van der Waals surface area (Å²) in [5, 5.41) is 2.77. The highest BCUT2D eigenvalue weighted by molar-refractivity contribution is 5.96. The number of amides is 1. The first-order valence-corrected chi connectivity index (χ1v) is 11.6. The van der Waals surface area contributed by atoms with Crippen molar-refractivity contribution in [2.75, 3.05) is 43.4 Å². The highest BCUT2D eigenvalue weighted by Gasteiger charge is 2.22. The zero-order valence-corrected chi connectivity index (χ0v) is 19.4. The zero-order valence-electron chi connectivity index (χ0n) is 19.4. The Kier molecular flexibility index (Phi) is 5.87. The fraction of sp³-hybridized carbons (Fsp3) is 0.360. The number of nitrogens with zero attached hydrogens (tertiary/aromatic N) is 5. The van der Waals surface area contributed by atoms with Crippen LogP contribution in [0.4, 0.5) is 15.9 Å². The molecule has 0 aliphatic carbocycles. The van der Waals surface area contributed by atoms with Gasteiger partial charge in [0.2, 0.25) is 5.95 Å². The van der Waals surface area contributed by atoms with Gasteiger partial charge in [-0.15, -0.1) is 0 Å². The van der Waals surface area contributed by atoms with Gasteiger partial charge < -0.3 is 16.0 Å². The van der Waals surface area contributed by atoms with Crippen LogP contribution in [0, 0.1) is 5.95 Å². The lowest BCUT2D eigenvalue weighted by Gasteiger charge is -2.38. The van der Waals surface area contributed by atoms with Crippen molar-refractivity contribution in [2.45, 2.75) is 26.3 Å². The third-order valence-electron chi connectivity index (χ3n) is 6.59. The number of benzene rings is 1. The van der Waals surface area contributed by atoms with Crippen molar-refractivity contribution < 1.29 is 9.18 Å². The molecule has 0 saturated carbocycles. The molecule has 34 heavy (non-hydrogen) atoms. The Bertz CT molecular complexity index is 1220. The van der Waals surface area contributed by atoms with Crippen molar-refractivity contribution in [1.29, 1.82) is 0 Å². The summed E-state index contributed by atoms with van der Waals surface area (Å²) < 4.78 is 14.8. The zero-order chi connectivity index (χ0) is 23.8. The maximum Gasteiger partial charge on any atom is 0.254 e. The summed E-state index contributed by atoms with van der Waals surface area (Å²) in [5.41, 5.74) is 9.74. The Balaban J connectivity index is 1.42. The summed E-state index contributed by atoms with van der Waals surface area (Å²) in [7, 11) is 0. The van der Waals surface area contributed by atoms with Gasteiger partial charge in [0.25, 0.3) is 5.91 Å². The topological polar surface area (TPSA) is 100 Å². The number of rotatable bonds is 4. The normalized spacial score (nSPS) is 16.5. The minimum absolute atomic E-state index is 0.0149. The summed E-state index contributed by atoms with van der Waals surface area (Å²) >= 11 is 0. The second kappa shape index (κ2) is 8.98. The Hall–Kier alpha value is -3.59. The highest BCUT2D eigenvalue weighted by atomic mass is 19.1. The number of carbonyl (C=O) groups is 1. The van der Waals surface area contributed by atoms with Gasteiger partial charge in [-0.1, -0.05) is 12.1 Å². The number of halogens is 1. The molecule has 1 saturated heterocycles. The number of carbonyl (C=O) groups excluding carboxylic acids is 1. The molecule has 1 aromatic carbocycles. The number of nitrogen functional groups attached to an aromatic ring is 1. The second-order valence-corrected chi connectivity index (χ2v) is 8.98.